The zero-order chi connectivity index (χ0) is 18.6. The maximum atomic E-state index is 12.7. The van der Waals surface area contributed by atoms with Gasteiger partial charge in [0.15, 0.2) is 0 Å². The van der Waals surface area contributed by atoms with E-state index in [2.05, 4.69) is 11.5 Å². The van der Waals surface area contributed by atoms with E-state index in [1.807, 2.05) is 26.0 Å². The molecule has 25 heavy (non-hydrogen) atoms. The minimum absolute atomic E-state index is 0.243. The molecule has 0 aliphatic carbocycles. The van der Waals surface area contributed by atoms with Gasteiger partial charge >= 0.3 is 5.97 Å². The topological polar surface area (TPSA) is 71.8 Å². The van der Waals surface area contributed by atoms with Crippen molar-refractivity contribution in [3.05, 3.63) is 35.0 Å². The van der Waals surface area contributed by atoms with E-state index in [-0.39, 0.29) is 12.5 Å². The second-order valence-electron chi connectivity index (χ2n) is 6.21. The van der Waals surface area contributed by atoms with Crippen LogP contribution in [0.15, 0.2) is 18.2 Å². The SMILES string of the molecule is CCCN(CC(=O)O)C(=O)c1ccc2c(c1)c(C)c(C)n2CCOC. The molecule has 6 nitrogen and oxygen atoms in total. The Morgan fingerprint density at radius 3 is 2.60 bits per heavy atom. The van der Waals surface area contributed by atoms with Gasteiger partial charge in [0.05, 0.1) is 6.61 Å². The van der Waals surface area contributed by atoms with Gasteiger partial charge in [-0.3, -0.25) is 9.59 Å². The number of rotatable bonds is 8. The Kier molecular flexibility index (Phi) is 6.20. The van der Waals surface area contributed by atoms with Gasteiger partial charge in [0.2, 0.25) is 0 Å². The van der Waals surface area contributed by atoms with Crippen LogP contribution in [0.3, 0.4) is 0 Å². The van der Waals surface area contributed by atoms with Gasteiger partial charge in [-0.05, 0) is 44.0 Å². The van der Waals surface area contributed by atoms with Crippen molar-refractivity contribution in [2.45, 2.75) is 33.7 Å². The third kappa shape index (κ3) is 4.02. The number of carbonyl (C=O) groups excluding carboxylic acids is 1. The highest BCUT2D eigenvalue weighted by atomic mass is 16.5. The molecule has 1 aromatic heterocycles. The number of hydrogen-bond acceptors (Lipinski definition) is 3. The average Bonchev–Trinajstić information content (AvgIpc) is 2.82. The van der Waals surface area contributed by atoms with E-state index in [9.17, 15) is 9.59 Å². The number of carboxylic acids is 1. The standard InChI is InChI=1S/C19H26N2O4/c1-5-8-20(12-18(22)23)19(24)15-6-7-17-16(11-15)13(2)14(3)21(17)9-10-25-4/h6-7,11H,5,8-10,12H2,1-4H3,(H,22,23). The first-order valence-electron chi connectivity index (χ1n) is 8.50. The predicted molar refractivity (Wildman–Crippen MR) is 97.1 cm³/mol. The summed E-state index contributed by atoms with van der Waals surface area (Å²) in [4.78, 5) is 25.1. The molecule has 136 valence electrons. The highest BCUT2D eigenvalue weighted by Crippen LogP contribution is 2.26. The van der Waals surface area contributed by atoms with Gasteiger partial charge in [-0.15, -0.1) is 0 Å². The van der Waals surface area contributed by atoms with Crippen molar-refractivity contribution in [2.24, 2.45) is 0 Å². The molecule has 1 amide bonds. The fourth-order valence-corrected chi connectivity index (χ4v) is 3.12. The monoisotopic (exact) mass is 346 g/mol. The van der Waals surface area contributed by atoms with Crippen LogP contribution in [0.1, 0.15) is 35.0 Å². The van der Waals surface area contributed by atoms with E-state index in [1.54, 1.807) is 13.2 Å². The van der Waals surface area contributed by atoms with Crippen molar-refractivity contribution >= 4 is 22.8 Å². The van der Waals surface area contributed by atoms with E-state index in [4.69, 9.17) is 9.84 Å². The summed E-state index contributed by atoms with van der Waals surface area (Å²) in [6.45, 7) is 7.54. The first kappa shape index (κ1) is 19.0. The molecule has 0 aliphatic rings. The number of aliphatic carboxylic acids is 1. The lowest BCUT2D eigenvalue weighted by molar-refractivity contribution is -0.137. The summed E-state index contributed by atoms with van der Waals surface area (Å²) < 4.78 is 7.36. The Morgan fingerprint density at radius 1 is 1.28 bits per heavy atom. The van der Waals surface area contributed by atoms with Crippen LogP contribution in [-0.4, -0.2) is 53.3 Å². The summed E-state index contributed by atoms with van der Waals surface area (Å²) in [7, 11) is 1.68. The molecule has 0 saturated heterocycles. The molecule has 1 heterocycles. The van der Waals surface area contributed by atoms with Crippen LogP contribution in [-0.2, 0) is 16.1 Å². The molecule has 0 unspecified atom stereocenters. The van der Waals surface area contributed by atoms with Gasteiger partial charge in [-0.2, -0.15) is 0 Å². The van der Waals surface area contributed by atoms with Crippen molar-refractivity contribution in [1.29, 1.82) is 0 Å². The second kappa shape index (κ2) is 8.16. The number of aryl methyl sites for hydroxylation is 1. The van der Waals surface area contributed by atoms with E-state index >= 15 is 0 Å². The number of carbonyl (C=O) groups is 2. The highest BCUT2D eigenvalue weighted by molar-refractivity contribution is 6.00. The number of ether oxygens (including phenoxy) is 1. The number of aromatic nitrogens is 1. The summed E-state index contributed by atoms with van der Waals surface area (Å²) in [6, 6.07) is 5.58. The lowest BCUT2D eigenvalue weighted by Crippen LogP contribution is -2.36. The maximum Gasteiger partial charge on any atom is 0.323 e. The maximum absolute atomic E-state index is 12.7. The number of hydrogen-bond donors (Lipinski definition) is 1. The molecule has 1 aromatic carbocycles. The van der Waals surface area contributed by atoms with Crippen molar-refractivity contribution in [3.63, 3.8) is 0 Å². The summed E-state index contributed by atoms with van der Waals surface area (Å²) in [6.07, 6.45) is 0.715. The number of methoxy groups -OCH3 is 1. The molecule has 0 atom stereocenters. The molecule has 0 fully saturated rings. The number of benzene rings is 1. The first-order valence-corrected chi connectivity index (χ1v) is 8.50. The third-order valence-corrected chi connectivity index (χ3v) is 4.51. The molecule has 0 bridgehead atoms. The summed E-state index contributed by atoms with van der Waals surface area (Å²) in [5, 5.41) is 10.1. The van der Waals surface area contributed by atoms with Crippen LogP contribution >= 0.6 is 0 Å². The molecule has 0 saturated carbocycles. The number of amides is 1. The Bertz CT molecular complexity index is 779. The van der Waals surface area contributed by atoms with Crippen LogP contribution in [0.5, 0.6) is 0 Å². The van der Waals surface area contributed by atoms with Crippen LogP contribution < -0.4 is 0 Å². The number of fused-ring (bicyclic) bond motifs is 1. The zero-order valence-corrected chi connectivity index (χ0v) is 15.3. The molecule has 0 radical (unpaired) electrons. The van der Waals surface area contributed by atoms with Gasteiger partial charge in [0, 0.05) is 42.4 Å². The van der Waals surface area contributed by atoms with Gasteiger partial charge in [-0.1, -0.05) is 6.92 Å². The lowest BCUT2D eigenvalue weighted by atomic mass is 10.1. The summed E-state index contributed by atoms with van der Waals surface area (Å²) in [5.74, 6) is -1.24. The fourth-order valence-electron chi connectivity index (χ4n) is 3.12. The minimum Gasteiger partial charge on any atom is -0.480 e. The predicted octanol–water partition coefficient (Wildman–Crippen LogP) is 2.84. The largest absolute Gasteiger partial charge is 0.480 e. The van der Waals surface area contributed by atoms with Crippen molar-refractivity contribution in [3.8, 4) is 0 Å². The van der Waals surface area contributed by atoms with Crippen LogP contribution in [0.25, 0.3) is 10.9 Å². The molecular weight excluding hydrogens is 320 g/mol. The minimum atomic E-state index is -0.999. The smallest absolute Gasteiger partial charge is 0.323 e. The Labute approximate surface area is 148 Å². The molecule has 0 aliphatic heterocycles. The highest BCUT2D eigenvalue weighted by Gasteiger charge is 2.19. The summed E-state index contributed by atoms with van der Waals surface area (Å²) >= 11 is 0. The van der Waals surface area contributed by atoms with Gasteiger partial charge < -0.3 is 19.3 Å². The van der Waals surface area contributed by atoms with Crippen LogP contribution in [0.2, 0.25) is 0 Å². The molecular formula is C19H26N2O4. The quantitative estimate of drug-likeness (QED) is 0.798. The third-order valence-electron chi connectivity index (χ3n) is 4.51. The molecule has 6 heteroatoms. The zero-order valence-electron chi connectivity index (χ0n) is 15.3. The first-order chi connectivity index (χ1) is 11.9. The van der Waals surface area contributed by atoms with Crippen molar-refractivity contribution in [2.75, 3.05) is 26.8 Å². The number of carboxylic acid groups (broad SMARTS) is 1. The van der Waals surface area contributed by atoms with E-state index in [0.29, 0.717) is 25.1 Å². The average molecular weight is 346 g/mol. The molecule has 2 aromatic rings. The van der Waals surface area contributed by atoms with Crippen molar-refractivity contribution in [1.82, 2.24) is 9.47 Å². The Hall–Kier alpha value is -2.34. The van der Waals surface area contributed by atoms with Crippen LogP contribution in [0, 0.1) is 13.8 Å². The van der Waals surface area contributed by atoms with Gasteiger partial charge in [0.1, 0.15) is 6.54 Å². The van der Waals surface area contributed by atoms with Crippen LogP contribution in [0.4, 0.5) is 0 Å². The van der Waals surface area contributed by atoms with E-state index in [0.717, 1.165) is 28.7 Å². The Morgan fingerprint density at radius 2 is 2.00 bits per heavy atom. The normalized spacial score (nSPS) is 11.0. The molecule has 0 spiro atoms. The van der Waals surface area contributed by atoms with Gasteiger partial charge in [0.25, 0.3) is 5.91 Å². The van der Waals surface area contributed by atoms with Crippen molar-refractivity contribution < 1.29 is 19.4 Å². The summed E-state index contributed by atoms with van der Waals surface area (Å²) in [5.41, 5.74) is 3.85. The molecule has 1 N–H and O–H groups in total. The fraction of sp³-hybridized carbons (Fsp3) is 0.474. The lowest BCUT2D eigenvalue weighted by Gasteiger charge is -2.20. The molecule has 2 rings (SSSR count). The number of nitrogens with zero attached hydrogens (tertiary/aromatic N) is 2. The van der Waals surface area contributed by atoms with Gasteiger partial charge in [-0.25, -0.2) is 0 Å². The Balaban J connectivity index is 2.41. The second-order valence-corrected chi connectivity index (χ2v) is 6.21. The van der Waals surface area contributed by atoms with E-state index < -0.39 is 5.97 Å². The van der Waals surface area contributed by atoms with E-state index in [1.165, 1.54) is 4.90 Å².